The number of carbonyl (C=O) groups excluding carboxylic acids is 1. The molecule has 2 atom stereocenters. The number of amides is 1. The van der Waals surface area contributed by atoms with Gasteiger partial charge in [0.25, 0.3) is 5.91 Å². The zero-order valence-corrected chi connectivity index (χ0v) is 15.1. The van der Waals surface area contributed by atoms with Gasteiger partial charge in [0, 0.05) is 26.6 Å². The van der Waals surface area contributed by atoms with Crippen LogP contribution >= 0.6 is 0 Å². The van der Waals surface area contributed by atoms with Gasteiger partial charge in [0.2, 0.25) is 0 Å². The lowest BCUT2D eigenvalue weighted by Gasteiger charge is -2.40. The fourth-order valence-corrected chi connectivity index (χ4v) is 3.36. The number of hydrogen-bond donors (Lipinski definition) is 0. The van der Waals surface area contributed by atoms with E-state index in [4.69, 9.17) is 9.15 Å². The van der Waals surface area contributed by atoms with Crippen molar-refractivity contribution in [2.45, 2.75) is 25.5 Å². The van der Waals surface area contributed by atoms with Crippen molar-refractivity contribution in [3.63, 3.8) is 0 Å². The van der Waals surface area contributed by atoms with E-state index >= 15 is 0 Å². The number of benzene rings is 1. The molecule has 2 heterocycles. The summed E-state index contributed by atoms with van der Waals surface area (Å²) in [5, 5.41) is 0. The zero-order chi connectivity index (χ0) is 17.8. The summed E-state index contributed by atoms with van der Waals surface area (Å²) in [6.07, 6.45) is 0.708. The number of nitrogens with zero attached hydrogens (tertiary/aromatic N) is 2. The molecule has 1 amide bonds. The molecular weight excluding hydrogens is 316 g/mol. The molecule has 0 radical (unpaired) electrons. The molecule has 25 heavy (non-hydrogen) atoms. The van der Waals surface area contributed by atoms with E-state index < -0.39 is 0 Å². The lowest BCUT2D eigenvalue weighted by atomic mass is 9.98. The van der Waals surface area contributed by atoms with Gasteiger partial charge < -0.3 is 14.1 Å². The van der Waals surface area contributed by atoms with Crippen LogP contribution in [0.5, 0.6) is 0 Å². The molecule has 3 rings (SSSR count). The summed E-state index contributed by atoms with van der Waals surface area (Å²) in [5.74, 6) is 1.11. The Balaban J connectivity index is 1.73. The standard InChI is InChI=1S/C20H26N2O3/c1-4-16-10-11-17(25-16)20(23)22(3)14-18-19(21(2)12-13-24-18)15-8-6-5-7-9-15/h5-11,18-19H,4,12-14H2,1-3H3/t18-,19-/m0/s1. The highest BCUT2D eigenvalue weighted by atomic mass is 16.5. The van der Waals surface area contributed by atoms with Crippen LogP contribution in [-0.4, -0.2) is 55.6 Å². The molecule has 1 aromatic carbocycles. The molecule has 0 saturated carbocycles. The molecule has 1 saturated heterocycles. The van der Waals surface area contributed by atoms with Crippen molar-refractivity contribution in [1.29, 1.82) is 0 Å². The van der Waals surface area contributed by atoms with Crippen molar-refractivity contribution >= 4 is 5.91 Å². The second kappa shape index (κ2) is 7.85. The van der Waals surface area contributed by atoms with Crippen molar-refractivity contribution in [1.82, 2.24) is 9.80 Å². The first kappa shape index (κ1) is 17.7. The highest BCUT2D eigenvalue weighted by Gasteiger charge is 2.33. The molecule has 1 fully saturated rings. The third kappa shape index (κ3) is 3.94. The van der Waals surface area contributed by atoms with E-state index in [0.717, 1.165) is 18.7 Å². The Bertz CT molecular complexity index is 698. The molecule has 0 unspecified atom stereocenters. The van der Waals surface area contributed by atoms with E-state index in [2.05, 4.69) is 24.1 Å². The number of likely N-dealkylation sites (N-methyl/N-ethyl adjacent to an activating group) is 2. The summed E-state index contributed by atoms with van der Waals surface area (Å²) in [5.41, 5.74) is 1.21. The normalized spacial score (nSPS) is 21.2. The third-order valence-corrected chi connectivity index (χ3v) is 4.77. The predicted octanol–water partition coefficient (Wildman–Crippen LogP) is 2.99. The van der Waals surface area contributed by atoms with Crippen LogP contribution in [0.3, 0.4) is 0 Å². The number of aryl methyl sites for hydroxylation is 1. The van der Waals surface area contributed by atoms with Gasteiger partial charge in [0.05, 0.1) is 18.8 Å². The van der Waals surface area contributed by atoms with E-state index in [0.29, 0.717) is 18.9 Å². The topological polar surface area (TPSA) is 45.9 Å². The van der Waals surface area contributed by atoms with E-state index in [-0.39, 0.29) is 18.1 Å². The molecule has 0 aliphatic carbocycles. The van der Waals surface area contributed by atoms with Gasteiger partial charge in [-0.25, -0.2) is 0 Å². The highest BCUT2D eigenvalue weighted by Crippen LogP contribution is 2.29. The first-order chi connectivity index (χ1) is 12.1. The van der Waals surface area contributed by atoms with Gasteiger partial charge in [-0.3, -0.25) is 9.69 Å². The summed E-state index contributed by atoms with van der Waals surface area (Å²) in [6.45, 7) is 4.08. The fourth-order valence-electron chi connectivity index (χ4n) is 3.36. The molecule has 1 aliphatic heterocycles. The van der Waals surface area contributed by atoms with Gasteiger partial charge in [-0.2, -0.15) is 0 Å². The van der Waals surface area contributed by atoms with E-state index in [1.807, 2.05) is 31.2 Å². The first-order valence-corrected chi connectivity index (χ1v) is 8.81. The Morgan fingerprint density at radius 3 is 2.68 bits per heavy atom. The smallest absolute Gasteiger partial charge is 0.289 e. The van der Waals surface area contributed by atoms with Gasteiger partial charge in [0.15, 0.2) is 5.76 Å². The van der Waals surface area contributed by atoms with Gasteiger partial charge in [-0.1, -0.05) is 37.3 Å². The molecule has 134 valence electrons. The van der Waals surface area contributed by atoms with Crippen molar-refractivity contribution in [3.05, 3.63) is 59.5 Å². The SMILES string of the molecule is CCc1ccc(C(=O)N(C)C[C@@H]2OCCN(C)[C@H]2c2ccccc2)o1. The summed E-state index contributed by atoms with van der Waals surface area (Å²) >= 11 is 0. The molecule has 0 bridgehead atoms. The maximum absolute atomic E-state index is 12.6. The highest BCUT2D eigenvalue weighted by molar-refractivity contribution is 5.91. The second-order valence-corrected chi connectivity index (χ2v) is 6.55. The minimum absolute atomic E-state index is 0.0734. The number of rotatable bonds is 5. The number of morpholine rings is 1. The van der Waals surface area contributed by atoms with Crippen LogP contribution in [0.4, 0.5) is 0 Å². The maximum atomic E-state index is 12.6. The van der Waals surface area contributed by atoms with Gasteiger partial charge >= 0.3 is 0 Å². The monoisotopic (exact) mass is 342 g/mol. The Kier molecular flexibility index (Phi) is 5.56. The van der Waals surface area contributed by atoms with Gasteiger partial charge in [-0.15, -0.1) is 0 Å². The Morgan fingerprint density at radius 1 is 1.24 bits per heavy atom. The van der Waals surface area contributed by atoms with Crippen molar-refractivity contribution in [2.75, 3.05) is 33.8 Å². The average Bonchev–Trinajstić information content (AvgIpc) is 3.11. The molecule has 5 nitrogen and oxygen atoms in total. The third-order valence-electron chi connectivity index (χ3n) is 4.77. The first-order valence-electron chi connectivity index (χ1n) is 8.81. The summed E-state index contributed by atoms with van der Waals surface area (Å²) < 4.78 is 11.6. The van der Waals surface area contributed by atoms with E-state index in [9.17, 15) is 4.79 Å². The Labute approximate surface area is 149 Å². The predicted molar refractivity (Wildman–Crippen MR) is 96.6 cm³/mol. The lowest BCUT2D eigenvalue weighted by Crippen LogP contribution is -2.48. The average molecular weight is 342 g/mol. The van der Waals surface area contributed by atoms with Crippen LogP contribution in [0, 0.1) is 0 Å². The second-order valence-electron chi connectivity index (χ2n) is 6.55. The molecule has 1 aliphatic rings. The number of carbonyl (C=O) groups is 1. The summed E-state index contributed by atoms with van der Waals surface area (Å²) in [6, 6.07) is 14.1. The van der Waals surface area contributed by atoms with E-state index in [1.165, 1.54) is 5.56 Å². The molecular formula is C20H26N2O3. The Morgan fingerprint density at radius 2 is 2.00 bits per heavy atom. The fraction of sp³-hybridized carbons (Fsp3) is 0.450. The minimum atomic E-state index is -0.108. The van der Waals surface area contributed by atoms with Crippen LogP contribution in [0.1, 0.15) is 34.8 Å². The summed E-state index contributed by atoms with van der Waals surface area (Å²) in [4.78, 5) is 16.6. The van der Waals surface area contributed by atoms with Crippen molar-refractivity contribution in [3.8, 4) is 0 Å². The van der Waals surface area contributed by atoms with Crippen molar-refractivity contribution < 1.29 is 13.9 Å². The molecule has 5 heteroatoms. The van der Waals surface area contributed by atoms with Gasteiger partial charge in [0.1, 0.15) is 5.76 Å². The van der Waals surface area contributed by atoms with Crippen LogP contribution < -0.4 is 0 Å². The molecule has 0 N–H and O–H groups in total. The quantitative estimate of drug-likeness (QED) is 0.838. The van der Waals surface area contributed by atoms with Crippen LogP contribution in [-0.2, 0) is 11.2 Å². The molecule has 0 spiro atoms. The minimum Gasteiger partial charge on any atom is -0.456 e. The zero-order valence-electron chi connectivity index (χ0n) is 15.1. The number of hydrogen-bond acceptors (Lipinski definition) is 4. The van der Waals surface area contributed by atoms with Crippen molar-refractivity contribution in [2.24, 2.45) is 0 Å². The molecule has 1 aromatic heterocycles. The van der Waals surface area contributed by atoms with Crippen LogP contribution in [0.2, 0.25) is 0 Å². The largest absolute Gasteiger partial charge is 0.456 e. The van der Waals surface area contributed by atoms with E-state index in [1.54, 1.807) is 18.0 Å². The number of ether oxygens (including phenoxy) is 1. The Hall–Kier alpha value is -2.11. The maximum Gasteiger partial charge on any atom is 0.289 e. The van der Waals surface area contributed by atoms with Gasteiger partial charge in [-0.05, 0) is 24.7 Å². The summed E-state index contributed by atoms with van der Waals surface area (Å²) in [7, 11) is 3.91. The van der Waals surface area contributed by atoms with Crippen LogP contribution in [0.25, 0.3) is 0 Å². The van der Waals surface area contributed by atoms with Crippen LogP contribution in [0.15, 0.2) is 46.9 Å². The molecule has 2 aromatic rings. The number of furan rings is 1. The lowest BCUT2D eigenvalue weighted by molar-refractivity contribution is -0.0709.